The molecule has 0 aromatic heterocycles. The zero-order valence-corrected chi connectivity index (χ0v) is 12.9. The normalized spacial score (nSPS) is 23.4. The van der Waals surface area contributed by atoms with Crippen LogP contribution in [0, 0.1) is 0 Å². The molecule has 1 aliphatic rings. The zero-order chi connectivity index (χ0) is 14.0. The number of halogens is 1. The lowest BCUT2D eigenvalue weighted by atomic mass is 9.94. The van der Waals surface area contributed by atoms with Gasteiger partial charge >= 0.3 is 0 Å². The fraction of sp³-hybridized carbons (Fsp3) is 0.500. The van der Waals surface area contributed by atoms with Gasteiger partial charge in [0.25, 0.3) is 5.91 Å². The summed E-state index contributed by atoms with van der Waals surface area (Å²) < 4.78 is 6.19. The molecule has 2 N–H and O–H groups in total. The van der Waals surface area contributed by atoms with E-state index in [0.717, 1.165) is 19.4 Å². The molecule has 0 bridgehead atoms. The standard InChI is InChI=1S/C14H19BrN2O2/c1-14(19-2)7-4-8-17(9-14)13(18)10-5-3-6-11(16)12(10)15/h3,5-6H,4,7-9,16H2,1-2H3. The van der Waals surface area contributed by atoms with E-state index < -0.39 is 0 Å². The van der Waals surface area contributed by atoms with Crippen molar-refractivity contribution in [3.8, 4) is 0 Å². The molecule has 4 nitrogen and oxygen atoms in total. The molecule has 1 saturated heterocycles. The van der Waals surface area contributed by atoms with E-state index >= 15 is 0 Å². The van der Waals surface area contributed by atoms with Gasteiger partial charge in [-0.15, -0.1) is 0 Å². The lowest BCUT2D eigenvalue weighted by Gasteiger charge is -2.39. The van der Waals surface area contributed by atoms with Crippen LogP contribution < -0.4 is 5.73 Å². The van der Waals surface area contributed by atoms with Crippen molar-refractivity contribution in [1.29, 1.82) is 0 Å². The van der Waals surface area contributed by atoms with Gasteiger partial charge < -0.3 is 15.4 Å². The van der Waals surface area contributed by atoms with Gasteiger partial charge in [0.15, 0.2) is 0 Å². The van der Waals surface area contributed by atoms with E-state index in [1.165, 1.54) is 0 Å². The summed E-state index contributed by atoms with van der Waals surface area (Å²) in [7, 11) is 1.70. The largest absolute Gasteiger partial charge is 0.398 e. The first kappa shape index (κ1) is 14.3. The Morgan fingerprint density at radius 3 is 2.95 bits per heavy atom. The Labute approximate surface area is 122 Å². The smallest absolute Gasteiger partial charge is 0.255 e. The van der Waals surface area contributed by atoms with Gasteiger partial charge in [0.2, 0.25) is 0 Å². The lowest BCUT2D eigenvalue weighted by Crippen LogP contribution is -2.49. The quantitative estimate of drug-likeness (QED) is 0.850. The second-order valence-electron chi connectivity index (χ2n) is 5.19. The average molecular weight is 327 g/mol. The van der Waals surface area contributed by atoms with Crippen molar-refractivity contribution in [3.63, 3.8) is 0 Å². The van der Waals surface area contributed by atoms with Gasteiger partial charge in [-0.2, -0.15) is 0 Å². The van der Waals surface area contributed by atoms with Crippen LogP contribution in [0.2, 0.25) is 0 Å². The highest BCUT2D eigenvalue weighted by Crippen LogP contribution is 2.28. The van der Waals surface area contributed by atoms with Gasteiger partial charge in [-0.3, -0.25) is 4.79 Å². The molecule has 1 heterocycles. The van der Waals surface area contributed by atoms with Gasteiger partial charge in [-0.05, 0) is 47.8 Å². The highest BCUT2D eigenvalue weighted by molar-refractivity contribution is 9.10. The monoisotopic (exact) mass is 326 g/mol. The maximum Gasteiger partial charge on any atom is 0.255 e. The van der Waals surface area contributed by atoms with E-state index in [9.17, 15) is 4.79 Å². The van der Waals surface area contributed by atoms with Crippen LogP contribution in [0.25, 0.3) is 0 Å². The number of hydrogen-bond acceptors (Lipinski definition) is 3. The molecule has 0 aliphatic carbocycles. The van der Waals surface area contributed by atoms with Gasteiger partial charge in [0.05, 0.1) is 15.6 Å². The maximum absolute atomic E-state index is 12.6. The number of carbonyl (C=O) groups excluding carboxylic acids is 1. The molecule has 1 unspecified atom stereocenters. The van der Waals surface area contributed by atoms with E-state index in [1.807, 2.05) is 11.8 Å². The Bertz CT molecular complexity index is 492. The highest BCUT2D eigenvalue weighted by Gasteiger charge is 2.33. The Morgan fingerprint density at radius 1 is 1.53 bits per heavy atom. The van der Waals surface area contributed by atoms with Crippen molar-refractivity contribution in [3.05, 3.63) is 28.2 Å². The molecule has 5 heteroatoms. The molecule has 0 saturated carbocycles. The Kier molecular flexibility index (Phi) is 4.16. The number of carbonyl (C=O) groups is 1. The second-order valence-corrected chi connectivity index (χ2v) is 5.99. The summed E-state index contributed by atoms with van der Waals surface area (Å²) in [5.41, 5.74) is 6.77. The average Bonchev–Trinajstić information content (AvgIpc) is 2.41. The number of ether oxygens (including phenoxy) is 1. The molecule has 104 valence electrons. The highest BCUT2D eigenvalue weighted by atomic mass is 79.9. The summed E-state index contributed by atoms with van der Waals surface area (Å²) in [6, 6.07) is 5.37. The van der Waals surface area contributed by atoms with Crippen molar-refractivity contribution in [2.75, 3.05) is 25.9 Å². The van der Waals surface area contributed by atoms with Crippen molar-refractivity contribution in [1.82, 2.24) is 4.90 Å². The van der Waals surface area contributed by atoms with Crippen LogP contribution in [0.4, 0.5) is 5.69 Å². The summed E-state index contributed by atoms with van der Waals surface area (Å²) in [5, 5.41) is 0. The van der Waals surface area contributed by atoms with E-state index in [2.05, 4.69) is 15.9 Å². The fourth-order valence-corrected chi connectivity index (χ4v) is 2.86. The number of likely N-dealkylation sites (tertiary alicyclic amines) is 1. The van der Waals surface area contributed by atoms with Crippen LogP contribution in [0.3, 0.4) is 0 Å². The molecule has 0 radical (unpaired) electrons. The number of hydrogen-bond donors (Lipinski definition) is 1. The predicted octanol–water partition coefficient (Wildman–Crippen LogP) is 2.67. The third-order valence-electron chi connectivity index (χ3n) is 3.70. The van der Waals surface area contributed by atoms with Crippen molar-refractivity contribution in [2.24, 2.45) is 0 Å². The lowest BCUT2D eigenvalue weighted by molar-refractivity contribution is -0.0440. The summed E-state index contributed by atoms with van der Waals surface area (Å²) in [4.78, 5) is 14.4. The van der Waals surface area contributed by atoms with Gasteiger partial charge in [0.1, 0.15) is 0 Å². The summed E-state index contributed by atoms with van der Waals surface area (Å²) in [6.07, 6.45) is 1.93. The minimum Gasteiger partial charge on any atom is -0.398 e. The number of piperidine rings is 1. The SMILES string of the molecule is COC1(C)CCCN(C(=O)c2cccc(N)c2Br)C1. The topological polar surface area (TPSA) is 55.6 Å². The number of nitrogens with zero attached hydrogens (tertiary/aromatic N) is 1. The van der Waals surface area contributed by atoms with Gasteiger partial charge in [0, 0.05) is 25.9 Å². The third kappa shape index (κ3) is 2.92. The summed E-state index contributed by atoms with van der Waals surface area (Å²) >= 11 is 3.39. The van der Waals surface area contributed by atoms with Crippen molar-refractivity contribution in [2.45, 2.75) is 25.4 Å². The first-order valence-electron chi connectivity index (χ1n) is 6.35. The number of benzene rings is 1. The number of nitrogens with two attached hydrogens (primary N) is 1. The summed E-state index contributed by atoms with van der Waals surface area (Å²) in [6.45, 7) is 3.42. The van der Waals surface area contributed by atoms with Crippen molar-refractivity contribution >= 4 is 27.5 Å². The number of nitrogen functional groups attached to an aromatic ring is 1. The Morgan fingerprint density at radius 2 is 2.26 bits per heavy atom. The molecule has 1 aliphatic heterocycles. The number of anilines is 1. The van der Waals surface area contributed by atoms with Crippen LogP contribution in [0.15, 0.2) is 22.7 Å². The van der Waals surface area contributed by atoms with Gasteiger partial charge in [-0.25, -0.2) is 0 Å². The molecule has 1 aromatic carbocycles. The minimum atomic E-state index is -0.249. The van der Waals surface area contributed by atoms with E-state index in [1.54, 1.807) is 25.3 Å². The Balaban J connectivity index is 2.22. The molecule has 0 spiro atoms. The molecular formula is C14H19BrN2O2. The number of methoxy groups -OCH3 is 1. The molecule has 1 fully saturated rings. The number of rotatable bonds is 2. The predicted molar refractivity (Wildman–Crippen MR) is 79.1 cm³/mol. The fourth-order valence-electron chi connectivity index (χ4n) is 2.43. The molecule has 1 amide bonds. The van der Waals surface area contributed by atoms with E-state index in [-0.39, 0.29) is 11.5 Å². The molecule has 1 aromatic rings. The first-order valence-corrected chi connectivity index (χ1v) is 7.14. The zero-order valence-electron chi connectivity index (χ0n) is 11.3. The van der Waals surface area contributed by atoms with Crippen LogP contribution in [-0.4, -0.2) is 36.6 Å². The molecule has 1 atom stereocenters. The third-order valence-corrected chi connectivity index (χ3v) is 4.58. The minimum absolute atomic E-state index is 0.00199. The van der Waals surface area contributed by atoms with E-state index in [0.29, 0.717) is 22.3 Å². The van der Waals surface area contributed by atoms with Crippen LogP contribution in [0.5, 0.6) is 0 Å². The molecule has 2 rings (SSSR count). The molecular weight excluding hydrogens is 308 g/mol. The second kappa shape index (κ2) is 5.51. The summed E-state index contributed by atoms with van der Waals surface area (Å²) in [5.74, 6) is 0.00199. The molecule has 19 heavy (non-hydrogen) atoms. The van der Waals surface area contributed by atoms with E-state index in [4.69, 9.17) is 10.5 Å². The van der Waals surface area contributed by atoms with Crippen LogP contribution in [-0.2, 0) is 4.74 Å². The van der Waals surface area contributed by atoms with Crippen LogP contribution >= 0.6 is 15.9 Å². The van der Waals surface area contributed by atoms with Crippen LogP contribution in [0.1, 0.15) is 30.1 Å². The maximum atomic E-state index is 12.6. The first-order chi connectivity index (χ1) is 8.97. The number of amides is 1. The van der Waals surface area contributed by atoms with Gasteiger partial charge in [-0.1, -0.05) is 6.07 Å². The van der Waals surface area contributed by atoms with Crippen molar-refractivity contribution < 1.29 is 9.53 Å². The Hall–Kier alpha value is -1.07.